The van der Waals surface area contributed by atoms with Gasteiger partial charge >= 0.3 is 0 Å². The Morgan fingerprint density at radius 3 is 2.45 bits per heavy atom. The highest BCUT2D eigenvalue weighted by molar-refractivity contribution is 7.07. The van der Waals surface area contributed by atoms with Crippen LogP contribution in [0.5, 0.6) is 23.0 Å². The number of carbonyl (C=O) groups excluding carboxylic acids is 2. The second-order valence-electron chi connectivity index (χ2n) is 11.5. The highest BCUT2D eigenvalue weighted by Gasteiger charge is 2.34. The lowest BCUT2D eigenvalue weighted by molar-refractivity contribution is -0.132. The molecule has 12 heteroatoms. The van der Waals surface area contributed by atoms with Crippen molar-refractivity contribution in [2.75, 3.05) is 45.8 Å². The molecule has 0 aliphatic carbocycles. The van der Waals surface area contributed by atoms with Crippen LogP contribution in [0.2, 0.25) is 0 Å². The van der Waals surface area contributed by atoms with E-state index in [9.17, 15) is 14.4 Å². The molecule has 2 aliphatic rings. The van der Waals surface area contributed by atoms with Crippen LogP contribution in [0, 0.1) is 0 Å². The third kappa shape index (κ3) is 7.09. The van der Waals surface area contributed by atoms with Crippen LogP contribution < -0.4 is 39.2 Å². The van der Waals surface area contributed by atoms with E-state index in [-0.39, 0.29) is 24.0 Å². The predicted octanol–water partition coefficient (Wildman–Crippen LogP) is 4.29. The SMILES string of the molecule is CCOc1cc(/C=c2/sc3n(c2=O)[C@@H](c2ccc(OC)cc2OC)C(C(=O)Nc2ccccc2)=C(C)N=3)ccc1OCC(=O)N1CCCC1. The van der Waals surface area contributed by atoms with Crippen LogP contribution in [-0.4, -0.2) is 61.8 Å². The summed E-state index contributed by atoms with van der Waals surface area (Å²) in [6, 6.07) is 18.9. The highest BCUT2D eigenvalue weighted by Crippen LogP contribution is 2.38. The fraction of sp³-hybridized carbons (Fsp3) is 0.297. The molecule has 1 N–H and O–H groups in total. The molecule has 2 amide bonds. The highest BCUT2D eigenvalue weighted by atomic mass is 32.1. The predicted molar refractivity (Wildman–Crippen MR) is 187 cm³/mol. The van der Waals surface area contributed by atoms with E-state index in [2.05, 4.69) is 5.32 Å². The second kappa shape index (κ2) is 14.8. The van der Waals surface area contributed by atoms with Crippen molar-refractivity contribution < 1.29 is 28.5 Å². The summed E-state index contributed by atoms with van der Waals surface area (Å²) in [4.78, 5) is 47.8. The Labute approximate surface area is 287 Å². The Hall–Kier alpha value is -5.36. The lowest BCUT2D eigenvalue weighted by Gasteiger charge is -2.26. The minimum atomic E-state index is -0.842. The molecule has 0 spiro atoms. The largest absolute Gasteiger partial charge is 0.497 e. The number of benzene rings is 3. The summed E-state index contributed by atoms with van der Waals surface area (Å²) < 4.78 is 24.9. The molecule has 1 fully saturated rings. The molecule has 0 saturated carbocycles. The Morgan fingerprint density at radius 1 is 0.959 bits per heavy atom. The standard InChI is InChI=1S/C37H38N4O7S/c1-5-47-30-19-24(13-16-28(30)48-22-32(42)40-17-9-10-18-40)20-31-36(44)41-34(27-15-14-26(45-3)21-29(27)46-4)33(23(2)38-37(41)49-31)35(43)39-25-11-7-6-8-12-25/h6-8,11-16,19-21,34H,5,9-10,17-18,22H2,1-4H3,(H,39,43)/b31-20+/t34-/m0/s1. The van der Waals surface area contributed by atoms with Crippen LogP contribution in [0.1, 0.15) is 43.9 Å². The van der Waals surface area contributed by atoms with Gasteiger partial charge in [-0.2, -0.15) is 0 Å². The molecule has 0 radical (unpaired) electrons. The van der Waals surface area contributed by atoms with E-state index in [1.807, 2.05) is 36.1 Å². The molecule has 11 nitrogen and oxygen atoms in total. The number of likely N-dealkylation sites (tertiary alicyclic amines) is 1. The van der Waals surface area contributed by atoms with E-state index in [0.29, 0.717) is 67.0 Å². The topological polar surface area (TPSA) is 121 Å². The first-order chi connectivity index (χ1) is 23.8. The molecule has 1 aromatic heterocycles. The maximum atomic E-state index is 14.3. The van der Waals surface area contributed by atoms with Gasteiger partial charge in [-0.3, -0.25) is 19.0 Å². The van der Waals surface area contributed by atoms with Gasteiger partial charge in [0.2, 0.25) is 0 Å². The van der Waals surface area contributed by atoms with Crippen molar-refractivity contribution in [1.29, 1.82) is 0 Å². The van der Waals surface area contributed by atoms with Crippen molar-refractivity contribution in [3.05, 3.63) is 109 Å². The third-order valence-corrected chi connectivity index (χ3v) is 9.39. The number of nitrogens with zero attached hydrogens (tertiary/aromatic N) is 3. The number of hydrogen-bond acceptors (Lipinski definition) is 9. The van der Waals surface area contributed by atoms with Gasteiger partial charge in [-0.25, -0.2) is 4.99 Å². The Morgan fingerprint density at radius 2 is 1.73 bits per heavy atom. The second-order valence-corrected chi connectivity index (χ2v) is 12.5. The molecule has 0 bridgehead atoms. The molecule has 3 heterocycles. The molecule has 4 aromatic rings. The van der Waals surface area contributed by atoms with Gasteiger partial charge in [0, 0.05) is 30.4 Å². The smallest absolute Gasteiger partial charge is 0.271 e. The van der Waals surface area contributed by atoms with Crippen LogP contribution >= 0.6 is 11.3 Å². The Balaban J connectivity index is 1.40. The molecule has 1 atom stereocenters. The number of nitrogens with one attached hydrogen (secondary N) is 1. The molecule has 0 unspecified atom stereocenters. The Kier molecular flexibility index (Phi) is 10.1. The lowest BCUT2D eigenvalue weighted by Crippen LogP contribution is -2.40. The molecule has 49 heavy (non-hydrogen) atoms. The normalized spacial score (nSPS) is 15.8. The first kappa shape index (κ1) is 33.5. The summed E-state index contributed by atoms with van der Waals surface area (Å²) >= 11 is 1.22. The summed E-state index contributed by atoms with van der Waals surface area (Å²) in [6.07, 6.45) is 3.77. The van der Waals surface area contributed by atoms with Crippen molar-refractivity contribution in [3.63, 3.8) is 0 Å². The van der Waals surface area contributed by atoms with Gasteiger partial charge in [0.15, 0.2) is 22.9 Å². The number of carbonyl (C=O) groups is 2. The van der Waals surface area contributed by atoms with Crippen molar-refractivity contribution in [2.45, 2.75) is 32.7 Å². The molecular weight excluding hydrogens is 644 g/mol. The van der Waals surface area contributed by atoms with Crippen LogP contribution in [0.3, 0.4) is 0 Å². The van der Waals surface area contributed by atoms with E-state index < -0.39 is 6.04 Å². The van der Waals surface area contributed by atoms with Gasteiger partial charge in [0.1, 0.15) is 17.5 Å². The first-order valence-electron chi connectivity index (χ1n) is 16.1. The molecular formula is C37H38N4O7S. The average molecular weight is 683 g/mol. The number of methoxy groups -OCH3 is 2. The maximum Gasteiger partial charge on any atom is 0.271 e. The van der Waals surface area contributed by atoms with Crippen LogP contribution in [-0.2, 0) is 9.59 Å². The van der Waals surface area contributed by atoms with E-state index in [1.165, 1.54) is 18.4 Å². The minimum absolute atomic E-state index is 0.0553. The maximum absolute atomic E-state index is 14.3. The van der Waals surface area contributed by atoms with E-state index >= 15 is 0 Å². The van der Waals surface area contributed by atoms with Gasteiger partial charge in [-0.1, -0.05) is 35.6 Å². The zero-order valence-corrected chi connectivity index (χ0v) is 28.7. The van der Waals surface area contributed by atoms with Crippen LogP contribution in [0.4, 0.5) is 5.69 Å². The van der Waals surface area contributed by atoms with Crippen molar-refractivity contribution >= 4 is 34.9 Å². The summed E-state index contributed by atoms with van der Waals surface area (Å²) in [5, 5.41) is 2.96. The zero-order valence-electron chi connectivity index (χ0n) is 27.9. The molecule has 3 aromatic carbocycles. The van der Waals surface area contributed by atoms with Gasteiger partial charge < -0.3 is 29.2 Å². The van der Waals surface area contributed by atoms with Crippen LogP contribution in [0.15, 0.2) is 87.8 Å². The monoisotopic (exact) mass is 682 g/mol. The van der Waals surface area contributed by atoms with E-state index in [0.717, 1.165) is 25.9 Å². The summed E-state index contributed by atoms with van der Waals surface area (Å²) in [5.41, 5.74) is 2.39. The number of ether oxygens (including phenoxy) is 4. The fourth-order valence-corrected chi connectivity index (χ4v) is 7.07. The number of allylic oxidation sites excluding steroid dienone is 1. The quantitative estimate of drug-likeness (QED) is 0.251. The van der Waals surface area contributed by atoms with Gasteiger partial charge in [0.25, 0.3) is 17.4 Å². The number of fused-ring (bicyclic) bond motifs is 1. The number of amides is 2. The summed E-state index contributed by atoms with van der Waals surface area (Å²) in [7, 11) is 3.10. The van der Waals surface area contributed by atoms with Gasteiger partial charge in [-0.15, -0.1) is 0 Å². The number of hydrogen-bond donors (Lipinski definition) is 1. The number of thiazole rings is 1. The van der Waals surface area contributed by atoms with Gasteiger partial charge in [0.05, 0.1) is 36.6 Å². The first-order valence-corrected chi connectivity index (χ1v) is 16.9. The number of anilines is 1. The van der Waals surface area contributed by atoms with E-state index in [1.54, 1.807) is 67.1 Å². The van der Waals surface area contributed by atoms with E-state index in [4.69, 9.17) is 23.9 Å². The minimum Gasteiger partial charge on any atom is -0.497 e. The van der Waals surface area contributed by atoms with Gasteiger partial charge in [-0.05, 0) is 74.7 Å². The molecule has 1 saturated heterocycles. The number of para-hydroxylation sites is 1. The molecule has 2 aliphatic heterocycles. The number of aromatic nitrogens is 1. The third-order valence-electron chi connectivity index (χ3n) is 8.41. The van der Waals surface area contributed by atoms with Crippen LogP contribution in [0.25, 0.3) is 6.08 Å². The van der Waals surface area contributed by atoms with Crippen molar-refractivity contribution in [2.24, 2.45) is 4.99 Å². The van der Waals surface area contributed by atoms with Crippen molar-refractivity contribution in [3.8, 4) is 23.0 Å². The fourth-order valence-electron chi connectivity index (χ4n) is 6.02. The average Bonchev–Trinajstić information content (AvgIpc) is 3.76. The molecule has 6 rings (SSSR count). The van der Waals surface area contributed by atoms with Crippen molar-refractivity contribution in [1.82, 2.24) is 9.47 Å². The zero-order chi connectivity index (χ0) is 34.5. The summed E-state index contributed by atoms with van der Waals surface area (Å²) in [5.74, 6) is 1.50. The Bertz CT molecular complexity index is 2080. The molecule has 254 valence electrons. The number of rotatable bonds is 11. The summed E-state index contributed by atoms with van der Waals surface area (Å²) in [6.45, 7) is 5.45. The lowest BCUT2D eigenvalue weighted by atomic mass is 9.94.